The predicted octanol–water partition coefficient (Wildman–Crippen LogP) is 0.783. The molecule has 112 valence electrons. The maximum atomic E-state index is 11.6. The number of hydrogen-bond acceptors (Lipinski definition) is 5. The zero-order valence-corrected chi connectivity index (χ0v) is 13.2. The van der Waals surface area contributed by atoms with Crippen LogP contribution in [0.3, 0.4) is 0 Å². The number of H-pyrrole nitrogens is 1. The highest BCUT2D eigenvalue weighted by Gasteiger charge is 2.18. The van der Waals surface area contributed by atoms with Crippen molar-refractivity contribution >= 4 is 21.7 Å². The van der Waals surface area contributed by atoms with Crippen molar-refractivity contribution in [2.45, 2.75) is 19.3 Å². The molecular formula is C13H22BrN5O. The molecule has 2 rings (SSSR count). The molecule has 6 nitrogen and oxygen atoms in total. The third-order valence-electron chi connectivity index (χ3n) is 3.59. The number of hydrogen-bond donors (Lipinski definition) is 2. The summed E-state index contributed by atoms with van der Waals surface area (Å²) in [7, 11) is 0. The smallest absolute Gasteiger partial charge is 0.267 e. The van der Waals surface area contributed by atoms with Crippen LogP contribution in [0.2, 0.25) is 0 Å². The van der Waals surface area contributed by atoms with Crippen LogP contribution in [0, 0.1) is 0 Å². The molecular weight excluding hydrogens is 322 g/mol. The Morgan fingerprint density at radius 1 is 1.30 bits per heavy atom. The fourth-order valence-corrected chi connectivity index (χ4v) is 2.95. The summed E-state index contributed by atoms with van der Waals surface area (Å²) in [4.78, 5) is 23.1. The molecule has 7 heteroatoms. The number of rotatable bonds is 5. The molecule has 0 radical (unpaired) electrons. The second-order valence-electron chi connectivity index (χ2n) is 5.05. The van der Waals surface area contributed by atoms with Crippen LogP contribution < -0.4 is 16.2 Å². The molecule has 0 bridgehead atoms. The second kappa shape index (κ2) is 7.75. The van der Waals surface area contributed by atoms with Gasteiger partial charge in [-0.15, -0.1) is 0 Å². The van der Waals surface area contributed by atoms with Crippen LogP contribution in [-0.2, 0) is 0 Å². The zero-order valence-electron chi connectivity index (χ0n) is 11.6. The summed E-state index contributed by atoms with van der Waals surface area (Å²) in [5, 5.41) is 0. The van der Waals surface area contributed by atoms with E-state index in [1.807, 2.05) is 0 Å². The number of aromatic amines is 1. The van der Waals surface area contributed by atoms with Gasteiger partial charge in [0, 0.05) is 19.6 Å². The molecule has 0 unspecified atom stereocenters. The van der Waals surface area contributed by atoms with Crippen LogP contribution in [-0.4, -0.2) is 54.1 Å². The number of halogens is 1. The highest BCUT2D eigenvalue weighted by molar-refractivity contribution is 9.10. The molecule has 1 aliphatic rings. The van der Waals surface area contributed by atoms with E-state index >= 15 is 0 Å². The van der Waals surface area contributed by atoms with E-state index in [1.165, 1.54) is 6.33 Å². The Hall–Kier alpha value is -0.920. The number of anilines is 1. The van der Waals surface area contributed by atoms with Crippen molar-refractivity contribution in [3.8, 4) is 0 Å². The van der Waals surface area contributed by atoms with Crippen molar-refractivity contribution in [3.63, 3.8) is 0 Å². The van der Waals surface area contributed by atoms with Crippen LogP contribution in [0.4, 0.5) is 5.82 Å². The van der Waals surface area contributed by atoms with Gasteiger partial charge in [0.05, 0.1) is 6.33 Å². The molecule has 1 aromatic heterocycles. The van der Waals surface area contributed by atoms with Crippen molar-refractivity contribution in [2.24, 2.45) is 5.73 Å². The lowest BCUT2D eigenvalue weighted by Crippen LogP contribution is -2.32. The molecule has 1 fully saturated rings. The van der Waals surface area contributed by atoms with E-state index in [2.05, 4.69) is 35.7 Å². The van der Waals surface area contributed by atoms with E-state index in [-0.39, 0.29) is 5.56 Å². The number of nitrogens with zero attached hydrogens (tertiary/aromatic N) is 3. The van der Waals surface area contributed by atoms with Crippen LogP contribution in [0.1, 0.15) is 19.3 Å². The Balaban J connectivity index is 1.95. The van der Waals surface area contributed by atoms with Crippen molar-refractivity contribution in [3.05, 3.63) is 21.2 Å². The molecule has 1 aliphatic heterocycles. The van der Waals surface area contributed by atoms with Gasteiger partial charge in [-0.3, -0.25) is 4.79 Å². The van der Waals surface area contributed by atoms with Gasteiger partial charge < -0.3 is 20.5 Å². The van der Waals surface area contributed by atoms with Gasteiger partial charge in [0.25, 0.3) is 5.56 Å². The second-order valence-corrected chi connectivity index (χ2v) is 5.84. The summed E-state index contributed by atoms with van der Waals surface area (Å²) in [5.41, 5.74) is 5.41. The molecule has 0 aliphatic carbocycles. The molecule has 0 saturated carbocycles. The standard InChI is InChI=1S/C13H22BrN5O/c14-11-12(16-10-17-13(11)20)19-7-3-6-18(8-9-19)5-2-1-4-15/h10H,1-9,15H2,(H,16,17,20). The van der Waals surface area contributed by atoms with Crippen molar-refractivity contribution < 1.29 is 0 Å². The zero-order chi connectivity index (χ0) is 14.4. The van der Waals surface area contributed by atoms with E-state index in [0.29, 0.717) is 4.47 Å². The minimum Gasteiger partial charge on any atom is -0.354 e. The third kappa shape index (κ3) is 4.04. The number of nitrogens with two attached hydrogens (primary N) is 1. The number of aromatic nitrogens is 2. The van der Waals surface area contributed by atoms with Crippen molar-refractivity contribution in [2.75, 3.05) is 44.2 Å². The summed E-state index contributed by atoms with van der Waals surface area (Å²) < 4.78 is 0.525. The van der Waals surface area contributed by atoms with Crippen LogP contribution in [0.5, 0.6) is 0 Å². The maximum absolute atomic E-state index is 11.6. The van der Waals surface area contributed by atoms with Gasteiger partial charge in [-0.05, 0) is 54.8 Å². The summed E-state index contributed by atoms with van der Waals surface area (Å²) in [6, 6.07) is 0. The Morgan fingerprint density at radius 2 is 2.15 bits per heavy atom. The summed E-state index contributed by atoms with van der Waals surface area (Å²) in [6.07, 6.45) is 4.79. The van der Waals surface area contributed by atoms with E-state index < -0.39 is 0 Å². The third-order valence-corrected chi connectivity index (χ3v) is 4.31. The van der Waals surface area contributed by atoms with E-state index in [1.54, 1.807) is 0 Å². The summed E-state index contributed by atoms with van der Waals surface area (Å²) in [5.74, 6) is 0.748. The van der Waals surface area contributed by atoms with Gasteiger partial charge in [-0.2, -0.15) is 0 Å². The van der Waals surface area contributed by atoms with Crippen molar-refractivity contribution in [1.82, 2.24) is 14.9 Å². The van der Waals surface area contributed by atoms with Gasteiger partial charge in [0.1, 0.15) is 10.3 Å². The first-order chi connectivity index (χ1) is 9.72. The highest BCUT2D eigenvalue weighted by Crippen LogP contribution is 2.20. The molecule has 0 amide bonds. The fourth-order valence-electron chi connectivity index (χ4n) is 2.48. The highest BCUT2D eigenvalue weighted by atomic mass is 79.9. The van der Waals surface area contributed by atoms with Crippen LogP contribution in [0.15, 0.2) is 15.6 Å². The molecule has 0 spiro atoms. The first-order valence-corrected chi connectivity index (χ1v) is 7.92. The topological polar surface area (TPSA) is 78.2 Å². The Morgan fingerprint density at radius 3 is 2.95 bits per heavy atom. The fraction of sp³-hybridized carbons (Fsp3) is 0.692. The monoisotopic (exact) mass is 343 g/mol. The SMILES string of the molecule is NCCCCN1CCCN(c2nc[nH]c(=O)c2Br)CC1. The molecule has 1 aromatic rings. The Bertz CT molecular complexity index is 478. The number of nitrogens with one attached hydrogen (secondary N) is 1. The lowest BCUT2D eigenvalue weighted by molar-refractivity contribution is 0.288. The first kappa shape index (κ1) is 15.5. The lowest BCUT2D eigenvalue weighted by Gasteiger charge is -2.23. The minimum absolute atomic E-state index is 0.126. The van der Waals surface area contributed by atoms with E-state index in [4.69, 9.17) is 5.73 Å². The lowest BCUT2D eigenvalue weighted by atomic mass is 10.3. The van der Waals surface area contributed by atoms with Gasteiger partial charge in [0.15, 0.2) is 0 Å². The average molecular weight is 344 g/mol. The minimum atomic E-state index is -0.126. The molecule has 1 saturated heterocycles. The summed E-state index contributed by atoms with van der Waals surface area (Å²) in [6.45, 7) is 5.81. The van der Waals surface area contributed by atoms with Gasteiger partial charge in [0.2, 0.25) is 0 Å². The van der Waals surface area contributed by atoms with Crippen molar-refractivity contribution in [1.29, 1.82) is 0 Å². The van der Waals surface area contributed by atoms with Gasteiger partial charge >= 0.3 is 0 Å². The first-order valence-electron chi connectivity index (χ1n) is 7.13. The molecule has 2 heterocycles. The molecule has 20 heavy (non-hydrogen) atoms. The Labute approximate surface area is 127 Å². The van der Waals surface area contributed by atoms with E-state index in [0.717, 1.165) is 64.3 Å². The van der Waals surface area contributed by atoms with Crippen LogP contribution >= 0.6 is 15.9 Å². The largest absolute Gasteiger partial charge is 0.354 e. The quantitative estimate of drug-likeness (QED) is 0.772. The van der Waals surface area contributed by atoms with E-state index in [9.17, 15) is 4.79 Å². The summed E-state index contributed by atoms with van der Waals surface area (Å²) >= 11 is 3.33. The molecule has 0 aromatic carbocycles. The Kier molecular flexibility index (Phi) is 6.00. The predicted molar refractivity (Wildman–Crippen MR) is 84.1 cm³/mol. The molecule has 0 atom stereocenters. The average Bonchev–Trinajstić information content (AvgIpc) is 2.68. The maximum Gasteiger partial charge on any atom is 0.267 e. The number of unbranched alkanes of at least 4 members (excludes halogenated alkanes) is 1. The van der Waals surface area contributed by atoms with Gasteiger partial charge in [-0.1, -0.05) is 0 Å². The normalized spacial score (nSPS) is 17.2. The molecule has 3 N–H and O–H groups in total. The van der Waals surface area contributed by atoms with Crippen LogP contribution in [0.25, 0.3) is 0 Å². The van der Waals surface area contributed by atoms with Gasteiger partial charge in [-0.25, -0.2) is 4.98 Å².